The van der Waals surface area contributed by atoms with Crippen molar-refractivity contribution in [3.63, 3.8) is 0 Å². The molecule has 1 N–H and O–H groups in total. The summed E-state index contributed by atoms with van der Waals surface area (Å²) in [6.45, 7) is 2.05. The number of carbonyl (C=O) groups is 2. The maximum Gasteiger partial charge on any atom is 0.309 e. The molecular formula is C15H14FNO3. The minimum absolute atomic E-state index is 0.125. The number of halogens is 1. The number of hydrogen-bond donors (Lipinski definition) is 1. The topological polar surface area (TPSA) is 59.2 Å². The first-order chi connectivity index (χ1) is 9.61. The Morgan fingerprint density at radius 1 is 1.40 bits per heavy atom. The van der Waals surface area contributed by atoms with Crippen LogP contribution < -0.4 is 0 Å². The van der Waals surface area contributed by atoms with E-state index < -0.39 is 0 Å². The lowest BCUT2D eigenvalue weighted by molar-refractivity contribution is -0.144. The van der Waals surface area contributed by atoms with Crippen LogP contribution in [0.2, 0.25) is 0 Å². The predicted molar refractivity (Wildman–Crippen MR) is 70.8 cm³/mol. The second kappa shape index (κ2) is 4.74. The molecule has 1 aromatic carbocycles. The van der Waals surface area contributed by atoms with Gasteiger partial charge in [-0.1, -0.05) is 0 Å². The van der Waals surface area contributed by atoms with E-state index >= 15 is 0 Å². The number of Topliss-reactive ketones (excluding diaryl/α,β-unsaturated/α-hetero) is 1. The van der Waals surface area contributed by atoms with Gasteiger partial charge in [0.25, 0.3) is 0 Å². The normalized spacial score (nSPS) is 20.9. The highest BCUT2D eigenvalue weighted by Crippen LogP contribution is 2.42. The Hall–Kier alpha value is -2.17. The molecule has 2 aromatic rings. The van der Waals surface area contributed by atoms with Crippen LogP contribution in [0, 0.1) is 17.7 Å². The van der Waals surface area contributed by atoms with Crippen molar-refractivity contribution in [1.82, 2.24) is 4.98 Å². The smallest absolute Gasteiger partial charge is 0.309 e. The summed E-state index contributed by atoms with van der Waals surface area (Å²) in [5.74, 6) is -1.52. The molecule has 5 heteroatoms. The molecule has 4 nitrogen and oxygen atoms in total. The number of rotatable bonds is 4. The maximum atomic E-state index is 13.3. The van der Waals surface area contributed by atoms with Crippen LogP contribution in [0.15, 0.2) is 24.4 Å². The quantitative estimate of drug-likeness (QED) is 0.689. The molecule has 1 fully saturated rings. The van der Waals surface area contributed by atoms with Crippen molar-refractivity contribution in [1.29, 1.82) is 0 Å². The van der Waals surface area contributed by atoms with Crippen LogP contribution in [0.1, 0.15) is 23.7 Å². The van der Waals surface area contributed by atoms with Gasteiger partial charge in [-0.15, -0.1) is 0 Å². The van der Waals surface area contributed by atoms with Crippen LogP contribution in [0.25, 0.3) is 10.9 Å². The lowest BCUT2D eigenvalue weighted by Crippen LogP contribution is -2.11. The Morgan fingerprint density at radius 3 is 2.95 bits per heavy atom. The Morgan fingerprint density at radius 2 is 2.20 bits per heavy atom. The van der Waals surface area contributed by atoms with Gasteiger partial charge < -0.3 is 9.72 Å². The second-order valence-corrected chi connectivity index (χ2v) is 4.96. The van der Waals surface area contributed by atoms with Gasteiger partial charge in [-0.3, -0.25) is 9.59 Å². The molecule has 104 valence electrons. The molecule has 0 amide bonds. The molecule has 1 saturated carbocycles. The number of esters is 1. The lowest BCUT2D eigenvalue weighted by atomic mass is 10.0. The number of ether oxygens (including phenoxy) is 1. The van der Waals surface area contributed by atoms with Crippen LogP contribution in [0.4, 0.5) is 4.39 Å². The van der Waals surface area contributed by atoms with Gasteiger partial charge in [-0.2, -0.15) is 0 Å². The standard InChI is InChI=1S/C15H14FNO3/c1-2-20-15(19)11-6-10(11)14(18)12-7-17-13-4-3-8(16)5-9(12)13/h3-5,7,10-11,17H,2,6H2,1H3. The summed E-state index contributed by atoms with van der Waals surface area (Å²) in [5, 5.41) is 0.560. The molecule has 1 aliphatic carbocycles. The van der Waals surface area contributed by atoms with E-state index in [1.807, 2.05) is 0 Å². The summed E-state index contributed by atoms with van der Waals surface area (Å²) < 4.78 is 18.2. The highest BCUT2D eigenvalue weighted by atomic mass is 19.1. The molecule has 0 bridgehead atoms. The minimum atomic E-state index is -0.385. The number of H-pyrrole nitrogens is 1. The number of carbonyl (C=O) groups excluding carboxylic acids is 2. The molecule has 0 spiro atoms. The van der Waals surface area contributed by atoms with E-state index in [1.165, 1.54) is 12.1 Å². The molecule has 2 unspecified atom stereocenters. The third-order valence-corrected chi connectivity index (χ3v) is 3.63. The van der Waals surface area contributed by atoms with Gasteiger partial charge in [0, 0.05) is 28.6 Å². The Bertz CT molecular complexity index is 691. The summed E-state index contributed by atoms with van der Waals surface area (Å²) in [5.41, 5.74) is 1.15. The van der Waals surface area contributed by atoms with E-state index in [1.54, 1.807) is 19.2 Å². The molecule has 1 heterocycles. The van der Waals surface area contributed by atoms with Crippen molar-refractivity contribution in [2.75, 3.05) is 6.61 Å². The zero-order chi connectivity index (χ0) is 14.3. The van der Waals surface area contributed by atoms with Crippen LogP contribution in [-0.4, -0.2) is 23.3 Å². The van der Waals surface area contributed by atoms with Gasteiger partial charge in [0.05, 0.1) is 12.5 Å². The number of hydrogen-bond acceptors (Lipinski definition) is 3. The van der Waals surface area contributed by atoms with Gasteiger partial charge >= 0.3 is 5.97 Å². The molecule has 0 saturated heterocycles. The number of nitrogens with one attached hydrogen (secondary N) is 1. The second-order valence-electron chi connectivity index (χ2n) is 4.96. The van der Waals surface area contributed by atoms with Crippen LogP contribution in [-0.2, 0) is 9.53 Å². The number of fused-ring (bicyclic) bond motifs is 1. The van der Waals surface area contributed by atoms with Crippen molar-refractivity contribution >= 4 is 22.7 Å². The average Bonchev–Trinajstić information content (AvgIpc) is 3.12. The van der Waals surface area contributed by atoms with E-state index in [0.717, 1.165) is 0 Å². The van der Waals surface area contributed by atoms with Gasteiger partial charge in [0.1, 0.15) is 5.82 Å². The maximum absolute atomic E-state index is 13.3. The summed E-state index contributed by atoms with van der Waals surface area (Å²) in [7, 11) is 0. The summed E-state index contributed by atoms with van der Waals surface area (Å²) in [6, 6.07) is 4.27. The van der Waals surface area contributed by atoms with Crippen molar-refractivity contribution in [2.45, 2.75) is 13.3 Å². The SMILES string of the molecule is CCOC(=O)C1CC1C(=O)c1c[nH]c2ccc(F)cc12. The van der Waals surface area contributed by atoms with Crippen molar-refractivity contribution in [2.24, 2.45) is 11.8 Å². The first-order valence-corrected chi connectivity index (χ1v) is 6.59. The monoisotopic (exact) mass is 275 g/mol. The molecule has 0 aliphatic heterocycles. The predicted octanol–water partition coefficient (Wildman–Crippen LogP) is 2.69. The van der Waals surface area contributed by atoms with Gasteiger partial charge in [0.2, 0.25) is 0 Å². The van der Waals surface area contributed by atoms with Gasteiger partial charge in [-0.05, 0) is 31.5 Å². The summed E-state index contributed by atoms with van der Waals surface area (Å²) in [6.07, 6.45) is 2.09. The minimum Gasteiger partial charge on any atom is -0.466 e. The first-order valence-electron chi connectivity index (χ1n) is 6.59. The Labute approximate surface area is 114 Å². The Balaban J connectivity index is 1.84. The van der Waals surface area contributed by atoms with Gasteiger partial charge in [-0.25, -0.2) is 4.39 Å². The first kappa shape index (κ1) is 12.8. The van der Waals surface area contributed by atoms with Crippen molar-refractivity contribution in [3.8, 4) is 0 Å². The van der Waals surface area contributed by atoms with E-state index in [0.29, 0.717) is 29.5 Å². The molecule has 1 aliphatic rings. The number of ketones is 1. The fourth-order valence-electron chi connectivity index (χ4n) is 2.49. The molecule has 20 heavy (non-hydrogen) atoms. The van der Waals surface area contributed by atoms with E-state index in [4.69, 9.17) is 4.74 Å². The van der Waals surface area contributed by atoms with E-state index in [-0.39, 0.29) is 29.4 Å². The van der Waals surface area contributed by atoms with Crippen LogP contribution in [0.3, 0.4) is 0 Å². The molecule has 2 atom stereocenters. The average molecular weight is 275 g/mol. The fraction of sp³-hybridized carbons (Fsp3) is 0.333. The third kappa shape index (κ3) is 2.09. The van der Waals surface area contributed by atoms with Crippen molar-refractivity contribution < 1.29 is 18.7 Å². The number of aromatic nitrogens is 1. The van der Waals surface area contributed by atoms with E-state index in [9.17, 15) is 14.0 Å². The summed E-state index contributed by atoms with van der Waals surface area (Å²) >= 11 is 0. The third-order valence-electron chi connectivity index (χ3n) is 3.63. The largest absolute Gasteiger partial charge is 0.466 e. The lowest BCUT2D eigenvalue weighted by Gasteiger charge is -2.00. The zero-order valence-electron chi connectivity index (χ0n) is 11.0. The highest BCUT2D eigenvalue weighted by molar-refractivity contribution is 6.11. The van der Waals surface area contributed by atoms with E-state index in [2.05, 4.69) is 4.98 Å². The number of benzene rings is 1. The molecule has 0 radical (unpaired) electrons. The molecule has 1 aromatic heterocycles. The van der Waals surface area contributed by atoms with Gasteiger partial charge in [0.15, 0.2) is 5.78 Å². The summed E-state index contributed by atoms with van der Waals surface area (Å²) in [4.78, 5) is 26.9. The van der Waals surface area contributed by atoms with Crippen LogP contribution in [0.5, 0.6) is 0 Å². The molecule has 3 rings (SSSR count). The van der Waals surface area contributed by atoms with Crippen molar-refractivity contribution in [3.05, 3.63) is 35.8 Å². The zero-order valence-corrected chi connectivity index (χ0v) is 11.0. The Kier molecular flexibility index (Phi) is 3.04. The van der Waals surface area contributed by atoms with Crippen LogP contribution >= 0.6 is 0 Å². The molecular weight excluding hydrogens is 261 g/mol. The number of aromatic amines is 1. The highest BCUT2D eigenvalue weighted by Gasteiger charge is 2.49. The fourth-order valence-corrected chi connectivity index (χ4v) is 2.49.